The number of amides is 1. The summed E-state index contributed by atoms with van der Waals surface area (Å²) in [6.45, 7) is 2.77. The van der Waals surface area contributed by atoms with Gasteiger partial charge in [-0.2, -0.15) is 0 Å². The molecule has 0 atom stereocenters. The van der Waals surface area contributed by atoms with E-state index in [0.717, 1.165) is 37.8 Å². The lowest BCUT2D eigenvalue weighted by molar-refractivity contribution is -0.128. The highest BCUT2D eigenvalue weighted by Gasteiger charge is 2.44. The molecule has 2 saturated heterocycles. The van der Waals surface area contributed by atoms with Crippen LogP contribution >= 0.6 is 0 Å². The second-order valence-electron chi connectivity index (χ2n) is 7.35. The van der Waals surface area contributed by atoms with Gasteiger partial charge in [0.2, 0.25) is 5.91 Å². The Morgan fingerprint density at radius 3 is 2.58 bits per heavy atom. The normalized spacial score (nSPS) is 19.4. The topological polar surface area (TPSA) is 36.4 Å². The molecule has 0 saturated carbocycles. The SMILES string of the molecule is O=C1CC2(CCN(c3ccccn3)CC2)CN1Cc1ccc(F)c(F)c1. The van der Waals surface area contributed by atoms with Crippen LogP contribution in [0.3, 0.4) is 0 Å². The number of nitrogens with zero attached hydrogens (tertiary/aromatic N) is 3. The lowest BCUT2D eigenvalue weighted by Gasteiger charge is -2.39. The van der Waals surface area contributed by atoms with Gasteiger partial charge in [0.1, 0.15) is 5.82 Å². The van der Waals surface area contributed by atoms with Crippen LogP contribution in [0.5, 0.6) is 0 Å². The van der Waals surface area contributed by atoms with Crippen LogP contribution < -0.4 is 4.90 Å². The van der Waals surface area contributed by atoms with Crippen LogP contribution in [0.25, 0.3) is 0 Å². The number of hydrogen-bond acceptors (Lipinski definition) is 3. The molecule has 1 aromatic heterocycles. The Labute approximate surface area is 151 Å². The van der Waals surface area contributed by atoms with Crippen molar-refractivity contribution in [2.45, 2.75) is 25.8 Å². The number of anilines is 1. The minimum atomic E-state index is -0.868. The Morgan fingerprint density at radius 2 is 1.88 bits per heavy atom. The summed E-state index contributed by atoms with van der Waals surface area (Å²) in [6, 6.07) is 9.73. The van der Waals surface area contributed by atoms with Gasteiger partial charge < -0.3 is 9.80 Å². The van der Waals surface area contributed by atoms with Crippen molar-refractivity contribution in [1.29, 1.82) is 0 Å². The summed E-state index contributed by atoms with van der Waals surface area (Å²) in [5.41, 5.74) is 0.612. The van der Waals surface area contributed by atoms with Crippen molar-refractivity contribution in [2.75, 3.05) is 24.5 Å². The van der Waals surface area contributed by atoms with Crippen LogP contribution in [0.2, 0.25) is 0 Å². The van der Waals surface area contributed by atoms with Gasteiger partial charge in [-0.3, -0.25) is 4.79 Å². The molecule has 2 aromatic rings. The third kappa shape index (κ3) is 3.28. The first-order valence-corrected chi connectivity index (χ1v) is 8.92. The second kappa shape index (κ2) is 6.67. The number of benzene rings is 1. The van der Waals surface area contributed by atoms with Crippen LogP contribution in [-0.4, -0.2) is 35.4 Å². The van der Waals surface area contributed by atoms with Crippen molar-refractivity contribution in [2.24, 2.45) is 5.41 Å². The molecule has 26 heavy (non-hydrogen) atoms. The van der Waals surface area contributed by atoms with Gasteiger partial charge in [0.05, 0.1) is 0 Å². The summed E-state index contributed by atoms with van der Waals surface area (Å²) in [5, 5.41) is 0. The van der Waals surface area contributed by atoms with Gasteiger partial charge in [0, 0.05) is 44.2 Å². The van der Waals surface area contributed by atoms with Gasteiger partial charge in [-0.25, -0.2) is 13.8 Å². The van der Waals surface area contributed by atoms with Gasteiger partial charge in [0.15, 0.2) is 11.6 Å². The fourth-order valence-electron chi connectivity index (χ4n) is 4.07. The number of piperidine rings is 1. The van der Waals surface area contributed by atoms with Crippen molar-refractivity contribution in [3.8, 4) is 0 Å². The van der Waals surface area contributed by atoms with Crippen molar-refractivity contribution < 1.29 is 13.6 Å². The molecule has 2 aliphatic rings. The second-order valence-corrected chi connectivity index (χ2v) is 7.35. The highest BCUT2D eigenvalue weighted by Crippen LogP contribution is 2.42. The van der Waals surface area contributed by atoms with Crippen LogP contribution in [-0.2, 0) is 11.3 Å². The minimum Gasteiger partial charge on any atom is -0.357 e. The first-order valence-electron chi connectivity index (χ1n) is 8.92. The molecule has 2 aliphatic heterocycles. The van der Waals surface area contributed by atoms with Crippen molar-refractivity contribution in [1.82, 2.24) is 9.88 Å². The summed E-state index contributed by atoms with van der Waals surface area (Å²) < 4.78 is 26.5. The molecule has 1 aromatic carbocycles. The molecule has 0 unspecified atom stereocenters. The predicted octanol–water partition coefficient (Wildman–Crippen LogP) is 3.38. The number of rotatable bonds is 3. The molecule has 0 aliphatic carbocycles. The Morgan fingerprint density at radius 1 is 1.08 bits per heavy atom. The number of hydrogen-bond donors (Lipinski definition) is 0. The fourth-order valence-corrected chi connectivity index (χ4v) is 4.07. The number of aromatic nitrogens is 1. The standard InChI is InChI=1S/C20H21F2N3O/c21-16-5-4-15(11-17(16)22)13-25-14-20(12-19(25)26)6-9-24(10-7-20)18-3-1-2-8-23-18/h1-5,8,11H,6-7,9-10,12-14H2. The number of carbonyl (C=O) groups is 1. The molecular weight excluding hydrogens is 336 g/mol. The fraction of sp³-hybridized carbons (Fsp3) is 0.400. The molecule has 136 valence electrons. The molecule has 0 bridgehead atoms. The first-order chi connectivity index (χ1) is 12.5. The average molecular weight is 357 g/mol. The van der Waals surface area contributed by atoms with Crippen LogP contribution in [0.15, 0.2) is 42.6 Å². The maximum absolute atomic E-state index is 13.4. The number of carbonyl (C=O) groups excluding carboxylic acids is 1. The molecule has 6 heteroatoms. The van der Waals surface area contributed by atoms with Crippen molar-refractivity contribution in [3.63, 3.8) is 0 Å². The summed E-state index contributed by atoms with van der Waals surface area (Å²) in [7, 11) is 0. The lowest BCUT2D eigenvalue weighted by atomic mass is 9.77. The van der Waals surface area contributed by atoms with Crippen LogP contribution in [0, 0.1) is 17.0 Å². The maximum atomic E-state index is 13.4. The van der Waals surface area contributed by atoms with Crippen LogP contribution in [0.1, 0.15) is 24.8 Å². The summed E-state index contributed by atoms with van der Waals surface area (Å²) in [5.74, 6) is -0.654. The van der Waals surface area contributed by atoms with E-state index >= 15 is 0 Å². The zero-order valence-corrected chi connectivity index (χ0v) is 14.5. The minimum absolute atomic E-state index is 0.0130. The lowest BCUT2D eigenvalue weighted by Crippen LogP contribution is -2.41. The summed E-state index contributed by atoms with van der Waals surface area (Å²) in [4.78, 5) is 20.9. The van der Waals surface area contributed by atoms with E-state index in [9.17, 15) is 13.6 Å². The van der Waals surface area contributed by atoms with Gasteiger partial charge >= 0.3 is 0 Å². The average Bonchev–Trinajstić information content (AvgIpc) is 2.94. The number of halogens is 2. The Kier molecular flexibility index (Phi) is 4.34. The van der Waals surface area contributed by atoms with E-state index in [1.165, 1.54) is 6.07 Å². The van der Waals surface area contributed by atoms with Crippen LogP contribution in [0.4, 0.5) is 14.6 Å². The van der Waals surface area contributed by atoms with E-state index in [-0.39, 0.29) is 11.3 Å². The zero-order valence-electron chi connectivity index (χ0n) is 14.5. The van der Waals surface area contributed by atoms with Crippen molar-refractivity contribution in [3.05, 3.63) is 59.8 Å². The number of likely N-dealkylation sites (tertiary alicyclic amines) is 1. The van der Waals surface area contributed by atoms with Gasteiger partial charge in [-0.1, -0.05) is 12.1 Å². The Balaban J connectivity index is 1.41. The first kappa shape index (κ1) is 16.9. The van der Waals surface area contributed by atoms with E-state index < -0.39 is 11.6 Å². The van der Waals surface area contributed by atoms with Gasteiger partial charge in [-0.15, -0.1) is 0 Å². The van der Waals surface area contributed by atoms with Gasteiger partial charge in [-0.05, 0) is 42.7 Å². The third-order valence-electron chi connectivity index (χ3n) is 5.56. The Hall–Kier alpha value is -2.50. The Bertz CT molecular complexity index is 804. The van der Waals surface area contributed by atoms with Gasteiger partial charge in [0.25, 0.3) is 0 Å². The van der Waals surface area contributed by atoms with E-state index in [2.05, 4.69) is 9.88 Å². The quantitative estimate of drug-likeness (QED) is 0.845. The molecule has 4 rings (SSSR count). The largest absolute Gasteiger partial charge is 0.357 e. The van der Waals surface area contributed by atoms with E-state index in [1.54, 1.807) is 17.2 Å². The third-order valence-corrected chi connectivity index (χ3v) is 5.56. The molecule has 1 spiro atoms. The molecule has 1 amide bonds. The van der Waals surface area contributed by atoms with E-state index in [1.807, 2.05) is 18.2 Å². The smallest absolute Gasteiger partial charge is 0.223 e. The maximum Gasteiger partial charge on any atom is 0.223 e. The summed E-state index contributed by atoms with van der Waals surface area (Å²) in [6.07, 6.45) is 4.20. The highest BCUT2D eigenvalue weighted by atomic mass is 19.2. The van der Waals surface area contributed by atoms with E-state index in [0.29, 0.717) is 25.1 Å². The molecule has 2 fully saturated rings. The summed E-state index contributed by atoms with van der Waals surface area (Å²) >= 11 is 0. The van der Waals surface area contributed by atoms with Crippen molar-refractivity contribution >= 4 is 11.7 Å². The highest BCUT2D eigenvalue weighted by molar-refractivity contribution is 5.79. The molecule has 0 N–H and O–H groups in total. The zero-order chi connectivity index (χ0) is 18.1. The molecule has 3 heterocycles. The molecule has 4 nitrogen and oxygen atoms in total. The predicted molar refractivity (Wildman–Crippen MR) is 94.5 cm³/mol. The molecular formula is C20H21F2N3O. The monoisotopic (exact) mass is 357 g/mol. The van der Waals surface area contributed by atoms with E-state index in [4.69, 9.17) is 0 Å². The number of pyridine rings is 1. The molecule has 0 radical (unpaired) electrons.